The second-order valence-corrected chi connectivity index (χ2v) is 3.14. The van der Waals surface area contributed by atoms with Crippen LogP contribution < -0.4 is 5.73 Å². The third-order valence-electron chi connectivity index (χ3n) is 1.73. The summed E-state index contributed by atoms with van der Waals surface area (Å²) in [6, 6.07) is 0. The summed E-state index contributed by atoms with van der Waals surface area (Å²) in [6.45, 7) is 4.34. The van der Waals surface area contributed by atoms with E-state index in [9.17, 15) is 10.1 Å². The molecule has 0 aromatic carbocycles. The molecule has 76 valence electrons. The highest BCUT2D eigenvalue weighted by atomic mass is 16.6. The molecule has 0 fully saturated rings. The van der Waals surface area contributed by atoms with Crippen molar-refractivity contribution in [2.45, 2.75) is 20.4 Å². The topological polar surface area (TPSA) is 87.0 Å². The van der Waals surface area contributed by atoms with Crippen LogP contribution in [-0.2, 0) is 6.54 Å². The zero-order valence-electron chi connectivity index (χ0n) is 8.10. The summed E-state index contributed by atoms with van der Waals surface area (Å²) < 4.78 is 1.39. The minimum Gasteiger partial charge on any atom is -0.378 e. The van der Waals surface area contributed by atoms with Crippen molar-refractivity contribution < 1.29 is 4.92 Å². The van der Waals surface area contributed by atoms with Crippen LogP contribution in [-0.4, -0.2) is 14.7 Å². The van der Waals surface area contributed by atoms with Gasteiger partial charge in [0.1, 0.15) is 6.20 Å². The molecule has 1 rings (SSSR count). The summed E-state index contributed by atoms with van der Waals surface area (Å²) in [4.78, 5) is 9.89. The van der Waals surface area contributed by atoms with Crippen molar-refractivity contribution in [3.05, 3.63) is 28.0 Å². The van der Waals surface area contributed by atoms with E-state index in [1.807, 2.05) is 19.9 Å². The zero-order chi connectivity index (χ0) is 10.7. The van der Waals surface area contributed by atoms with E-state index in [1.54, 1.807) is 0 Å². The van der Waals surface area contributed by atoms with Crippen LogP contribution in [0.25, 0.3) is 0 Å². The number of anilines is 1. The quantitative estimate of drug-likeness (QED) is 0.449. The molecule has 0 aliphatic heterocycles. The molecule has 1 aromatic heterocycles. The lowest BCUT2D eigenvalue weighted by molar-refractivity contribution is -0.384. The highest BCUT2D eigenvalue weighted by Gasteiger charge is 2.16. The number of allylic oxidation sites excluding steroid dienone is 2. The number of rotatable bonds is 3. The van der Waals surface area contributed by atoms with Gasteiger partial charge in [-0.2, -0.15) is 5.10 Å². The molecule has 0 atom stereocenters. The molecule has 0 bridgehead atoms. The van der Waals surface area contributed by atoms with Crippen molar-refractivity contribution in [2.75, 3.05) is 5.73 Å². The maximum Gasteiger partial charge on any atom is 0.330 e. The molecule has 0 aliphatic rings. The van der Waals surface area contributed by atoms with Crippen LogP contribution >= 0.6 is 0 Å². The first kappa shape index (κ1) is 10.2. The van der Waals surface area contributed by atoms with E-state index in [0.717, 1.165) is 11.8 Å². The monoisotopic (exact) mass is 196 g/mol. The average molecular weight is 196 g/mol. The molecule has 6 heteroatoms. The van der Waals surface area contributed by atoms with Gasteiger partial charge in [0.25, 0.3) is 0 Å². The SMILES string of the molecule is CC(C)=CCn1ncc([N+](=O)[O-])c1N. The Balaban J connectivity index is 2.90. The van der Waals surface area contributed by atoms with Gasteiger partial charge in [-0.15, -0.1) is 0 Å². The lowest BCUT2D eigenvalue weighted by atomic mass is 10.3. The maximum absolute atomic E-state index is 10.4. The van der Waals surface area contributed by atoms with Crippen LogP contribution in [0.5, 0.6) is 0 Å². The van der Waals surface area contributed by atoms with E-state index in [1.165, 1.54) is 4.68 Å². The van der Waals surface area contributed by atoms with Gasteiger partial charge in [-0.3, -0.25) is 10.1 Å². The molecule has 0 saturated heterocycles. The number of nitrogens with two attached hydrogens (primary N) is 1. The zero-order valence-corrected chi connectivity index (χ0v) is 8.10. The minimum atomic E-state index is -0.540. The first-order chi connectivity index (χ1) is 6.52. The Kier molecular flexibility index (Phi) is 2.85. The Hall–Kier alpha value is -1.85. The average Bonchev–Trinajstić information content (AvgIpc) is 2.43. The van der Waals surface area contributed by atoms with Gasteiger partial charge in [0.15, 0.2) is 0 Å². The molecule has 0 spiro atoms. The first-order valence-electron chi connectivity index (χ1n) is 4.11. The molecule has 0 saturated carbocycles. The third-order valence-corrected chi connectivity index (χ3v) is 1.73. The predicted molar refractivity (Wildman–Crippen MR) is 52.7 cm³/mol. The molecule has 1 heterocycles. The Morgan fingerprint density at radius 2 is 2.43 bits per heavy atom. The van der Waals surface area contributed by atoms with Crippen molar-refractivity contribution in [3.8, 4) is 0 Å². The Labute approximate surface area is 81.2 Å². The van der Waals surface area contributed by atoms with Crippen LogP contribution in [0.4, 0.5) is 11.5 Å². The lowest BCUT2D eigenvalue weighted by Crippen LogP contribution is -2.04. The summed E-state index contributed by atoms with van der Waals surface area (Å²) in [5.41, 5.74) is 6.49. The number of nitrogen functional groups attached to an aromatic ring is 1. The third kappa shape index (κ3) is 2.09. The van der Waals surface area contributed by atoms with E-state index in [4.69, 9.17) is 5.73 Å². The highest BCUT2D eigenvalue weighted by molar-refractivity contribution is 5.51. The minimum absolute atomic E-state index is 0.0903. The smallest absolute Gasteiger partial charge is 0.330 e. The fraction of sp³-hybridized carbons (Fsp3) is 0.375. The van der Waals surface area contributed by atoms with Crippen molar-refractivity contribution in [2.24, 2.45) is 0 Å². The maximum atomic E-state index is 10.4. The number of nitrogens with zero attached hydrogens (tertiary/aromatic N) is 3. The Morgan fingerprint density at radius 1 is 1.79 bits per heavy atom. The molecule has 0 amide bonds. The van der Waals surface area contributed by atoms with Gasteiger partial charge >= 0.3 is 5.69 Å². The second-order valence-electron chi connectivity index (χ2n) is 3.14. The Bertz CT molecular complexity index is 377. The summed E-state index contributed by atoms with van der Waals surface area (Å²) >= 11 is 0. The van der Waals surface area contributed by atoms with E-state index >= 15 is 0 Å². The van der Waals surface area contributed by atoms with Crippen LogP contribution in [0, 0.1) is 10.1 Å². The second kappa shape index (κ2) is 3.91. The van der Waals surface area contributed by atoms with Gasteiger partial charge in [-0.1, -0.05) is 11.6 Å². The van der Waals surface area contributed by atoms with Crippen LogP contribution in [0.1, 0.15) is 13.8 Å². The predicted octanol–water partition coefficient (Wildman–Crippen LogP) is 1.34. The summed E-state index contributed by atoms with van der Waals surface area (Å²) in [7, 11) is 0. The van der Waals surface area contributed by atoms with Gasteiger partial charge in [-0.25, -0.2) is 4.68 Å². The van der Waals surface area contributed by atoms with Crippen LogP contribution in [0.15, 0.2) is 17.8 Å². The van der Waals surface area contributed by atoms with Gasteiger partial charge in [0, 0.05) is 0 Å². The molecule has 1 aromatic rings. The van der Waals surface area contributed by atoms with Crippen molar-refractivity contribution in [1.29, 1.82) is 0 Å². The van der Waals surface area contributed by atoms with Crippen LogP contribution in [0.3, 0.4) is 0 Å². The number of nitro groups is 1. The van der Waals surface area contributed by atoms with Crippen molar-refractivity contribution in [3.63, 3.8) is 0 Å². The summed E-state index contributed by atoms with van der Waals surface area (Å²) in [5.74, 6) is 0.0903. The van der Waals surface area contributed by atoms with Crippen LogP contribution in [0.2, 0.25) is 0 Å². The van der Waals surface area contributed by atoms with Gasteiger partial charge in [0.05, 0.1) is 11.5 Å². The van der Waals surface area contributed by atoms with E-state index in [0.29, 0.717) is 6.54 Å². The first-order valence-corrected chi connectivity index (χ1v) is 4.11. The molecule has 14 heavy (non-hydrogen) atoms. The molecular weight excluding hydrogens is 184 g/mol. The molecule has 6 nitrogen and oxygen atoms in total. The molecular formula is C8H12N4O2. The van der Waals surface area contributed by atoms with Crippen molar-refractivity contribution >= 4 is 11.5 Å². The van der Waals surface area contributed by atoms with Crippen molar-refractivity contribution in [1.82, 2.24) is 9.78 Å². The van der Waals surface area contributed by atoms with Gasteiger partial charge in [0.2, 0.25) is 5.82 Å². The fourth-order valence-corrected chi connectivity index (χ4v) is 0.940. The van der Waals surface area contributed by atoms with Gasteiger partial charge < -0.3 is 5.73 Å². The van der Waals surface area contributed by atoms with E-state index < -0.39 is 4.92 Å². The lowest BCUT2D eigenvalue weighted by Gasteiger charge is -1.98. The highest BCUT2D eigenvalue weighted by Crippen LogP contribution is 2.19. The van der Waals surface area contributed by atoms with E-state index in [2.05, 4.69) is 5.10 Å². The molecule has 0 radical (unpaired) electrons. The summed E-state index contributed by atoms with van der Waals surface area (Å²) in [5, 5.41) is 14.2. The molecule has 2 N–H and O–H groups in total. The fourth-order valence-electron chi connectivity index (χ4n) is 0.940. The molecule has 0 aliphatic carbocycles. The van der Waals surface area contributed by atoms with E-state index in [-0.39, 0.29) is 11.5 Å². The standard InChI is InChI=1S/C8H12N4O2/c1-6(2)3-4-11-8(9)7(5-10-11)12(13)14/h3,5H,4,9H2,1-2H3. The Morgan fingerprint density at radius 3 is 2.86 bits per heavy atom. The van der Waals surface area contributed by atoms with Gasteiger partial charge in [-0.05, 0) is 13.8 Å². The number of hydrogen-bond donors (Lipinski definition) is 1. The summed E-state index contributed by atoms with van der Waals surface area (Å²) in [6.07, 6.45) is 3.06. The molecule has 0 unspecified atom stereocenters. The number of hydrogen-bond acceptors (Lipinski definition) is 4. The number of aromatic nitrogens is 2. The largest absolute Gasteiger partial charge is 0.378 e. The normalized spacial score (nSPS) is 9.86.